The van der Waals surface area contributed by atoms with E-state index in [1.807, 2.05) is 7.11 Å². The molecular weight excluding hydrogens is 421 g/mol. The van der Waals surface area contributed by atoms with Gasteiger partial charge in [-0.25, -0.2) is 0 Å². The highest BCUT2D eigenvalue weighted by Crippen LogP contribution is 2.56. The van der Waals surface area contributed by atoms with Gasteiger partial charge in [-0.3, -0.25) is 0 Å². The summed E-state index contributed by atoms with van der Waals surface area (Å²) in [4.78, 5) is 2.58. The van der Waals surface area contributed by atoms with Crippen LogP contribution in [-0.4, -0.2) is 31.5 Å². The lowest BCUT2D eigenvalue weighted by atomic mass is 9.99. The number of anilines is 1. The molecule has 1 aliphatic heterocycles. The topological polar surface area (TPSA) is 12.5 Å². The second-order valence-corrected chi connectivity index (χ2v) is 13.2. The maximum absolute atomic E-state index is 5.96. The van der Waals surface area contributed by atoms with Gasteiger partial charge in [-0.15, -0.1) is 0 Å². The first-order valence-electron chi connectivity index (χ1n) is 13.7. The first-order chi connectivity index (χ1) is 16.3. The number of benzene rings is 2. The fourth-order valence-electron chi connectivity index (χ4n) is 6.59. The van der Waals surface area contributed by atoms with Crippen LogP contribution in [0.4, 0.5) is 5.69 Å². The van der Waals surface area contributed by atoms with E-state index in [1.165, 1.54) is 113 Å². The van der Waals surface area contributed by atoms with Gasteiger partial charge in [0, 0.05) is 24.3 Å². The molecule has 0 N–H and O–H groups in total. The Morgan fingerprint density at radius 3 is 1.94 bits per heavy atom. The highest BCUT2D eigenvalue weighted by molar-refractivity contribution is 7.67. The molecule has 2 nitrogen and oxygen atoms in total. The Hall–Kier alpha value is -1.53. The van der Waals surface area contributed by atoms with E-state index in [4.69, 9.17) is 4.74 Å². The number of rotatable bonds is 6. The zero-order valence-electron chi connectivity index (χ0n) is 20.6. The highest BCUT2D eigenvalue weighted by Gasteiger charge is 2.34. The normalized spacial score (nSPS) is 20.8. The predicted octanol–water partition coefficient (Wildman–Crippen LogP) is 8.13. The van der Waals surface area contributed by atoms with Gasteiger partial charge in [-0.2, -0.15) is 0 Å². The Balaban J connectivity index is 1.56. The van der Waals surface area contributed by atoms with Crippen molar-refractivity contribution in [3.05, 3.63) is 42.5 Å². The van der Waals surface area contributed by atoms with Crippen LogP contribution in [0, 0.1) is 0 Å². The highest BCUT2D eigenvalue weighted by atomic mass is 31.1. The number of piperidine rings is 1. The molecule has 1 heterocycles. The van der Waals surface area contributed by atoms with Crippen molar-refractivity contribution in [3.63, 3.8) is 0 Å². The van der Waals surface area contributed by atoms with Gasteiger partial charge in [0.1, 0.15) is 5.75 Å². The third kappa shape index (κ3) is 5.27. The molecular formula is C30H42NOP. The fourth-order valence-corrected chi connectivity index (χ4v) is 10.5. The van der Waals surface area contributed by atoms with Crippen LogP contribution in [0.25, 0.3) is 11.1 Å². The molecule has 3 fully saturated rings. The molecule has 5 rings (SSSR count). The van der Waals surface area contributed by atoms with Crippen LogP contribution in [0.15, 0.2) is 42.5 Å². The minimum atomic E-state index is -0.147. The van der Waals surface area contributed by atoms with Gasteiger partial charge in [0.15, 0.2) is 0 Å². The van der Waals surface area contributed by atoms with Crippen LogP contribution < -0.4 is 14.9 Å². The quantitative estimate of drug-likeness (QED) is 0.401. The maximum atomic E-state index is 5.96. The summed E-state index contributed by atoms with van der Waals surface area (Å²) in [5.41, 5.74) is 5.97. The number of hydrogen-bond donors (Lipinski definition) is 0. The van der Waals surface area contributed by atoms with E-state index in [0.29, 0.717) is 0 Å². The molecule has 1 saturated heterocycles. The monoisotopic (exact) mass is 463 g/mol. The first kappa shape index (κ1) is 23.2. The fraction of sp³-hybridized carbons (Fsp3) is 0.600. The number of hydrogen-bond acceptors (Lipinski definition) is 2. The van der Waals surface area contributed by atoms with Crippen LogP contribution in [0.3, 0.4) is 0 Å². The van der Waals surface area contributed by atoms with Gasteiger partial charge in [-0.1, -0.05) is 70.7 Å². The molecule has 2 aliphatic carbocycles. The molecule has 2 aromatic rings. The third-order valence-corrected chi connectivity index (χ3v) is 11.9. The molecule has 3 aliphatic rings. The van der Waals surface area contributed by atoms with Crippen molar-refractivity contribution < 1.29 is 4.74 Å². The smallest absolute Gasteiger partial charge is 0.126 e. The van der Waals surface area contributed by atoms with Crippen molar-refractivity contribution in [2.75, 3.05) is 25.1 Å². The molecule has 0 radical (unpaired) electrons. The molecule has 0 amide bonds. The first-order valence-corrected chi connectivity index (χ1v) is 15.1. The number of nitrogens with zero attached hydrogens (tertiary/aromatic N) is 1. The summed E-state index contributed by atoms with van der Waals surface area (Å²) in [5.74, 6) is 1.03. The van der Waals surface area contributed by atoms with Crippen molar-refractivity contribution in [2.45, 2.75) is 94.8 Å². The molecule has 0 spiro atoms. The molecule has 33 heavy (non-hydrogen) atoms. The summed E-state index contributed by atoms with van der Waals surface area (Å²) < 4.78 is 5.96. The Kier molecular flexibility index (Phi) is 7.93. The van der Waals surface area contributed by atoms with Crippen LogP contribution >= 0.6 is 7.92 Å². The summed E-state index contributed by atoms with van der Waals surface area (Å²) in [5, 5.41) is 1.67. The van der Waals surface area contributed by atoms with Crippen molar-refractivity contribution in [1.29, 1.82) is 0 Å². The van der Waals surface area contributed by atoms with E-state index < -0.39 is 0 Å². The summed E-state index contributed by atoms with van der Waals surface area (Å²) in [6.45, 7) is 2.37. The maximum Gasteiger partial charge on any atom is 0.126 e. The van der Waals surface area contributed by atoms with Gasteiger partial charge in [0.05, 0.1) is 7.11 Å². The lowest BCUT2D eigenvalue weighted by Gasteiger charge is -2.39. The van der Waals surface area contributed by atoms with Crippen molar-refractivity contribution >= 4 is 18.9 Å². The Morgan fingerprint density at radius 2 is 1.30 bits per heavy atom. The molecule has 0 aromatic heterocycles. The van der Waals surface area contributed by atoms with Gasteiger partial charge >= 0.3 is 0 Å². The van der Waals surface area contributed by atoms with Crippen molar-refractivity contribution in [1.82, 2.24) is 0 Å². The molecule has 0 bridgehead atoms. The number of methoxy groups -OCH3 is 1. The van der Waals surface area contributed by atoms with Crippen LogP contribution in [0.1, 0.15) is 83.5 Å². The minimum absolute atomic E-state index is 0.147. The zero-order valence-corrected chi connectivity index (χ0v) is 21.5. The van der Waals surface area contributed by atoms with Crippen LogP contribution in [0.2, 0.25) is 0 Å². The van der Waals surface area contributed by atoms with Gasteiger partial charge in [0.2, 0.25) is 0 Å². The molecule has 3 heteroatoms. The predicted molar refractivity (Wildman–Crippen MR) is 145 cm³/mol. The summed E-state index contributed by atoms with van der Waals surface area (Å²) in [6.07, 6.45) is 18.4. The van der Waals surface area contributed by atoms with E-state index in [9.17, 15) is 0 Å². The average molecular weight is 464 g/mol. The van der Waals surface area contributed by atoms with E-state index >= 15 is 0 Å². The van der Waals surface area contributed by atoms with E-state index in [2.05, 4.69) is 47.4 Å². The van der Waals surface area contributed by atoms with Gasteiger partial charge < -0.3 is 9.64 Å². The van der Waals surface area contributed by atoms with Gasteiger partial charge in [-0.05, 0) is 85.3 Å². The largest absolute Gasteiger partial charge is 0.496 e. The number of ether oxygens (including phenoxy) is 1. The third-order valence-electron chi connectivity index (χ3n) is 8.31. The van der Waals surface area contributed by atoms with E-state index in [0.717, 1.165) is 17.1 Å². The lowest BCUT2D eigenvalue weighted by Crippen LogP contribution is -2.29. The zero-order chi connectivity index (χ0) is 22.5. The van der Waals surface area contributed by atoms with E-state index in [-0.39, 0.29) is 7.92 Å². The minimum Gasteiger partial charge on any atom is -0.496 e. The average Bonchev–Trinajstić information content (AvgIpc) is 2.90. The Labute approximate surface area is 202 Å². The Bertz CT molecular complexity index is 876. The van der Waals surface area contributed by atoms with Crippen LogP contribution in [0.5, 0.6) is 5.75 Å². The second kappa shape index (κ2) is 11.3. The van der Waals surface area contributed by atoms with Gasteiger partial charge in [0.25, 0.3) is 0 Å². The van der Waals surface area contributed by atoms with Crippen LogP contribution in [-0.2, 0) is 0 Å². The molecule has 2 saturated carbocycles. The summed E-state index contributed by atoms with van der Waals surface area (Å²) in [6, 6.07) is 16.4. The SMILES string of the molecule is COc1ccc(N2CCCCC2)cc1-c1ccccc1P(C1CCCCC1)C1CCCCC1. The molecule has 2 aromatic carbocycles. The van der Waals surface area contributed by atoms with Crippen molar-refractivity contribution in [2.24, 2.45) is 0 Å². The van der Waals surface area contributed by atoms with E-state index in [1.54, 1.807) is 5.30 Å². The standard InChI is InChI=1S/C30H42NOP/c1-32-29-20-19-24(31-21-11-4-12-22-31)23-28(29)27-17-9-10-18-30(27)33(25-13-5-2-6-14-25)26-15-7-3-8-16-26/h9-10,17-20,23,25-26H,2-8,11-16,21-22H2,1H3. The Morgan fingerprint density at radius 1 is 0.697 bits per heavy atom. The molecule has 0 atom stereocenters. The second-order valence-electron chi connectivity index (χ2n) is 10.4. The summed E-state index contributed by atoms with van der Waals surface area (Å²) in [7, 11) is 1.69. The lowest BCUT2D eigenvalue weighted by molar-refractivity contribution is 0.416. The summed E-state index contributed by atoms with van der Waals surface area (Å²) >= 11 is 0. The molecule has 178 valence electrons. The molecule has 0 unspecified atom stereocenters. The van der Waals surface area contributed by atoms with Crippen molar-refractivity contribution in [3.8, 4) is 16.9 Å².